The SMILES string of the molecule is NCc1cc(COc2ccccc2)ccc1F. The zero-order chi connectivity index (χ0) is 12.1. The summed E-state index contributed by atoms with van der Waals surface area (Å²) in [6.07, 6.45) is 0. The van der Waals surface area contributed by atoms with Crippen LogP contribution >= 0.6 is 0 Å². The fourth-order valence-electron chi connectivity index (χ4n) is 1.56. The monoisotopic (exact) mass is 231 g/mol. The molecule has 0 unspecified atom stereocenters. The highest BCUT2D eigenvalue weighted by Gasteiger charge is 2.02. The van der Waals surface area contributed by atoms with Gasteiger partial charge in [0.1, 0.15) is 18.2 Å². The molecular weight excluding hydrogens is 217 g/mol. The molecule has 88 valence electrons. The van der Waals surface area contributed by atoms with E-state index in [1.165, 1.54) is 6.07 Å². The fraction of sp³-hybridized carbons (Fsp3) is 0.143. The van der Waals surface area contributed by atoms with Crippen molar-refractivity contribution in [1.29, 1.82) is 0 Å². The minimum absolute atomic E-state index is 0.199. The molecular formula is C14H14FNO. The van der Waals surface area contributed by atoms with Gasteiger partial charge in [0.25, 0.3) is 0 Å². The van der Waals surface area contributed by atoms with Gasteiger partial charge in [0.2, 0.25) is 0 Å². The Bertz CT molecular complexity index is 485. The van der Waals surface area contributed by atoms with Crippen molar-refractivity contribution in [3.8, 4) is 5.75 Å². The molecule has 0 aliphatic carbocycles. The predicted octanol–water partition coefficient (Wildman–Crippen LogP) is 2.86. The van der Waals surface area contributed by atoms with Gasteiger partial charge in [0.15, 0.2) is 0 Å². The van der Waals surface area contributed by atoms with Crippen LogP contribution in [0, 0.1) is 5.82 Å². The first-order chi connectivity index (χ1) is 8.29. The summed E-state index contributed by atoms with van der Waals surface area (Å²) in [5.74, 6) is 0.530. The summed E-state index contributed by atoms with van der Waals surface area (Å²) in [5.41, 5.74) is 6.87. The molecule has 0 saturated heterocycles. The molecule has 0 aliphatic heterocycles. The summed E-state index contributed by atoms with van der Waals surface area (Å²) in [6.45, 7) is 0.613. The number of nitrogens with two attached hydrogens (primary N) is 1. The first-order valence-electron chi connectivity index (χ1n) is 5.45. The molecule has 0 aliphatic rings. The van der Waals surface area contributed by atoms with Crippen molar-refractivity contribution in [2.45, 2.75) is 13.2 Å². The fourth-order valence-corrected chi connectivity index (χ4v) is 1.56. The third kappa shape index (κ3) is 3.04. The zero-order valence-electron chi connectivity index (χ0n) is 9.40. The van der Waals surface area contributed by atoms with Gasteiger partial charge in [-0.05, 0) is 29.8 Å². The normalized spacial score (nSPS) is 10.2. The van der Waals surface area contributed by atoms with E-state index >= 15 is 0 Å². The second kappa shape index (κ2) is 5.46. The smallest absolute Gasteiger partial charge is 0.127 e. The number of ether oxygens (including phenoxy) is 1. The van der Waals surface area contributed by atoms with Crippen LogP contribution in [0.5, 0.6) is 5.75 Å². The molecule has 2 nitrogen and oxygen atoms in total. The number of rotatable bonds is 4. The molecule has 17 heavy (non-hydrogen) atoms. The van der Waals surface area contributed by atoms with Gasteiger partial charge in [-0.15, -0.1) is 0 Å². The average molecular weight is 231 g/mol. The molecule has 2 aromatic rings. The number of hydrogen-bond donors (Lipinski definition) is 1. The predicted molar refractivity (Wildman–Crippen MR) is 65.1 cm³/mol. The first-order valence-corrected chi connectivity index (χ1v) is 5.45. The van der Waals surface area contributed by atoms with E-state index in [-0.39, 0.29) is 12.4 Å². The third-order valence-corrected chi connectivity index (χ3v) is 2.48. The van der Waals surface area contributed by atoms with E-state index in [9.17, 15) is 4.39 Å². The van der Waals surface area contributed by atoms with Crippen molar-refractivity contribution in [2.75, 3.05) is 0 Å². The molecule has 2 rings (SSSR count). The molecule has 0 atom stereocenters. The van der Waals surface area contributed by atoms with E-state index in [0.717, 1.165) is 11.3 Å². The molecule has 3 heteroatoms. The number of halogens is 1. The lowest BCUT2D eigenvalue weighted by atomic mass is 10.1. The molecule has 2 N–H and O–H groups in total. The Hall–Kier alpha value is -1.87. The Kier molecular flexibility index (Phi) is 3.73. The summed E-state index contributed by atoms with van der Waals surface area (Å²) in [4.78, 5) is 0. The van der Waals surface area contributed by atoms with Crippen LogP contribution in [0.15, 0.2) is 48.5 Å². The summed E-state index contributed by atoms with van der Waals surface area (Å²) in [6, 6.07) is 14.4. The van der Waals surface area contributed by atoms with Gasteiger partial charge in [0.05, 0.1) is 0 Å². The third-order valence-electron chi connectivity index (χ3n) is 2.48. The van der Waals surface area contributed by atoms with E-state index < -0.39 is 0 Å². The topological polar surface area (TPSA) is 35.2 Å². The minimum atomic E-state index is -0.268. The Morgan fingerprint density at radius 1 is 1.06 bits per heavy atom. The summed E-state index contributed by atoms with van der Waals surface area (Å²) in [7, 11) is 0. The maximum absolute atomic E-state index is 13.2. The summed E-state index contributed by atoms with van der Waals surface area (Å²) >= 11 is 0. The molecule has 0 heterocycles. The molecule has 0 bridgehead atoms. The lowest BCUT2D eigenvalue weighted by Crippen LogP contribution is -2.02. The highest BCUT2D eigenvalue weighted by Crippen LogP contribution is 2.14. The minimum Gasteiger partial charge on any atom is -0.489 e. The first kappa shape index (κ1) is 11.6. The van der Waals surface area contributed by atoms with Gasteiger partial charge >= 0.3 is 0 Å². The van der Waals surface area contributed by atoms with Crippen molar-refractivity contribution in [1.82, 2.24) is 0 Å². The standard InChI is InChI=1S/C14H14FNO/c15-14-7-6-11(8-12(14)9-16)10-17-13-4-2-1-3-5-13/h1-8H,9-10,16H2. The largest absolute Gasteiger partial charge is 0.489 e. The summed E-state index contributed by atoms with van der Waals surface area (Å²) in [5, 5.41) is 0. The molecule has 0 radical (unpaired) electrons. The Balaban J connectivity index is 2.04. The van der Waals surface area contributed by atoms with Gasteiger partial charge in [-0.2, -0.15) is 0 Å². The second-order valence-corrected chi connectivity index (χ2v) is 3.73. The van der Waals surface area contributed by atoms with Gasteiger partial charge in [-0.1, -0.05) is 24.3 Å². The van der Waals surface area contributed by atoms with Crippen molar-refractivity contribution in [2.24, 2.45) is 5.73 Å². The van der Waals surface area contributed by atoms with E-state index in [1.54, 1.807) is 12.1 Å². The van der Waals surface area contributed by atoms with Crippen molar-refractivity contribution < 1.29 is 9.13 Å². The van der Waals surface area contributed by atoms with Crippen LogP contribution in [-0.4, -0.2) is 0 Å². The quantitative estimate of drug-likeness (QED) is 0.878. The zero-order valence-corrected chi connectivity index (χ0v) is 9.40. The van der Waals surface area contributed by atoms with Gasteiger partial charge in [-0.25, -0.2) is 4.39 Å². The molecule has 0 amide bonds. The lowest BCUT2D eigenvalue weighted by Gasteiger charge is -2.07. The van der Waals surface area contributed by atoms with Crippen LogP contribution in [0.3, 0.4) is 0 Å². The van der Waals surface area contributed by atoms with Crippen LogP contribution in [0.1, 0.15) is 11.1 Å². The number of benzene rings is 2. The van der Waals surface area contributed by atoms with E-state index in [1.807, 2.05) is 30.3 Å². The van der Waals surface area contributed by atoms with E-state index in [4.69, 9.17) is 10.5 Å². The Labute approximate surface area is 99.8 Å². The molecule has 0 aromatic heterocycles. The van der Waals surface area contributed by atoms with E-state index in [2.05, 4.69) is 0 Å². The van der Waals surface area contributed by atoms with Gasteiger partial charge < -0.3 is 10.5 Å². The molecule has 0 spiro atoms. The molecule has 2 aromatic carbocycles. The Morgan fingerprint density at radius 2 is 1.82 bits per heavy atom. The van der Waals surface area contributed by atoms with Crippen molar-refractivity contribution in [3.63, 3.8) is 0 Å². The molecule has 0 fully saturated rings. The summed E-state index contributed by atoms with van der Waals surface area (Å²) < 4.78 is 18.8. The van der Waals surface area contributed by atoms with Crippen LogP contribution in [-0.2, 0) is 13.2 Å². The maximum Gasteiger partial charge on any atom is 0.127 e. The van der Waals surface area contributed by atoms with Crippen LogP contribution in [0.4, 0.5) is 4.39 Å². The highest BCUT2D eigenvalue weighted by atomic mass is 19.1. The number of hydrogen-bond acceptors (Lipinski definition) is 2. The van der Waals surface area contributed by atoms with E-state index in [0.29, 0.717) is 12.2 Å². The van der Waals surface area contributed by atoms with Crippen LogP contribution in [0.25, 0.3) is 0 Å². The Morgan fingerprint density at radius 3 is 2.53 bits per heavy atom. The highest BCUT2D eigenvalue weighted by molar-refractivity contribution is 5.26. The number of para-hydroxylation sites is 1. The van der Waals surface area contributed by atoms with Crippen molar-refractivity contribution >= 4 is 0 Å². The lowest BCUT2D eigenvalue weighted by molar-refractivity contribution is 0.306. The molecule has 0 saturated carbocycles. The van der Waals surface area contributed by atoms with Crippen LogP contribution in [0.2, 0.25) is 0 Å². The maximum atomic E-state index is 13.2. The van der Waals surface area contributed by atoms with Crippen LogP contribution < -0.4 is 10.5 Å². The average Bonchev–Trinajstić information content (AvgIpc) is 2.39. The van der Waals surface area contributed by atoms with Crippen molar-refractivity contribution in [3.05, 3.63) is 65.5 Å². The van der Waals surface area contributed by atoms with Gasteiger partial charge in [-0.3, -0.25) is 0 Å². The second-order valence-electron chi connectivity index (χ2n) is 3.73. The van der Waals surface area contributed by atoms with Gasteiger partial charge in [0, 0.05) is 12.1 Å².